The van der Waals surface area contributed by atoms with Crippen molar-refractivity contribution in [3.05, 3.63) is 29.8 Å². The Balaban J connectivity index is 1.74. The van der Waals surface area contributed by atoms with Crippen LogP contribution >= 0.6 is 0 Å². The predicted molar refractivity (Wildman–Crippen MR) is 66.5 cm³/mol. The summed E-state index contributed by atoms with van der Waals surface area (Å²) in [4.78, 5) is 0. The van der Waals surface area contributed by atoms with Gasteiger partial charge in [-0.15, -0.1) is 0 Å². The quantitative estimate of drug-likeness (QED) is 0.619. The first-order valence-electron chi connectivity index (χ1n) is 5.90. The molecule has 0 aromatic heterocycles. The number of aliphatic hydroxyl groups is 1. The van der Waals surface area contributed by atoms with Gasteiger partial charge in [0.05, 0.1) is 19.8 Å². The van der Waals surface area contributed by atoms with Crippen LogP contribution in [0.1, 0.15) is 5.56 Å². The molecule has 0 radical (unpaired) electrons. The third-order valence-corrected chi connectivity index (χ3v) is 2.46. The first-order valence-corrected chi connectivity index (χ1v) is 5.90. The van der Waals surface area contributed by atoms with E-state index in [1.165, 1.54) is 0 Å². The first-order chi connectivity index (χ1) is 8.88. The fourth-order valence-corrected chi connectivity index (χ4v) is 1.49. The molecule has 0 bridgehead atoms. The normalized spacial score (nSPS) is 14.5. The molecule has 0 aliphatic carbocycles. The molecule has 1 aliphatic rings. The van der Waals surface area contributed by atoms with Crippen LogP contribution in [0.5, 0.6) is 5.75 Å². The molecule has 0 saturated carbocycles. The smallest absolute Gasteiger partial charge is 0.120 e. The van der Waals surface area contributed by atoms with Crippen molar-refractivity contribution in [3.63, 3.8) is 0 Å². The molecule has 2 rings (SSSR count). The van der Waals surface area contributed by atoms with Crippen molar-refractivity contribution in [2.45, 2.75) is 6.10 Å². The van der Waals surface area contributed by atoms with Crippen molar-refractivity contribution < 1.29 is 19.3 Å². The molecule has 1 aromatic rings. The lowest BCUT2D eigenvalue weighted by atomic mass is 10.2. The summed E-state index contributed by atoms with van der Waals surface area (Å²) >= 11 is 0. The van der Waals surface area contributed by atoms with Gasteiger partial charge >= 0.3 is 0 Å². The van der Waals surface area contributed by atoms with Crippen LogP contribution in [0.25, 0.3) is 0 Å². The maximum atomic E-state index is 8.62. The highest BCUT2D eigenvalue weighted by molar-refractivity contribution is 5.39. The van der Waals surface area contributed by atoms with Crippen molar-refractivity contribution in [1.82, 2.24) is 0 Å². The summed E-state index contributed by atoms with van der Waals surface area (Å²) in [5.74, 6) is 6.19. The van der Waals surface area contributed by atoms with Gasteiger partial charge in [0.1, 0.15) is 25.1 Å². The van der Waals surface area contributed by atoms with E-state index < -0.39 is 0 Å². The van der Waals surface area contributed by atoms with Crippen LogP contribution in [-0.4, -0.2) is 44.2 Å². The minimum absolute atomic E-state index is 0.137. The lowest BCUT2D eigenvalue weighted by molar-refractivity contribution is -0.132. The van der Waals surface area contributed by atoms with E-state index in [1.807, 2.05) is 24.3 Å². The summed E-state index contributed by atoms with van der Waals surface area (Å²) in [6.45, 7) is 2.30. The fraction of sp³-hybridized carbons (Fsp3) is 0.429. The van der Waals surface area contributed by atoms with Crippen LogP contribution in [0.2, 0.25) is 0 Å². The molecule has 96 valence electrons. The highest BCUT2D eigenvalue weighted by Gasteiger charge is 2.18. The Hall–Kier alpha value is -1.54. The minimum atomic E-state index is -0.137. The molecule has 1 saturated heterocycles. The SMILES string of the molecule is OCC#Cc1cccc(OCCOC2COC2)c1. The van der Waals surface area contributed by atoms with E-state index in [-0.39, 0.29) is 12.7 Å². The number of aliphatic hydroxyl groups excluding tert-OH is 1. The maximum absolute atomic E-state index is 8.62. The summed E-state index contributed by atoms with van der Waals surface area (Å²) in [5.41, 5.74) is 0.829. The number of hydrogen-bond acceptors (Lipinski definition) is 4. The maximum Gasteiger partial charge on any atom is 0.120 e. The van der Waals surface area contributed by atoms with Crippen molar-refractivity contribution >= 4 is 0 Å². The lowest BCUT2D eigenvalue weighted by Crippen LogP contribution is -2.37. The van der Waals surface area contributed by atoms with Crippen molar-refractivity contribution in [3.8, 4) is 17.6 Å². The number of ether oxygens (including phenoxy) is 3. The zero-order chi connectivity index (χ0) is 12.6. The Morgan fingerprint density at radius 2 is 2.22 bits per heavy atom. The lowest BCUT2D eigenvalue weighted by Gasteiger charge is -2.25. The Labute approximate surface area is 106 Å². The van der Waals surface area contributed by atoms with Gasteiger partial charge in [-0.25, -0.2) is 0 Å². The van der Waals surface area contributed by atoms with E-state index in [2.05, 4.69) is 11.8 Å². The molecule has 0 amide bonds. The van der Waals surface area contributed by atoms with Gasteiger partial charge in [-0.1, -0.05) is 17.9 Å². The van der Waals surface area contributed by atoms with Gasteiger partial charge in [0.15, 0.2) is 0 Å². The molecule has 1 aromatic carbocycles. The van der Waals surface area contributed by atoms with Crippen molar-refractivity contribution in [2.75, 3.05) is 33.0 Å². The molecule has 0 atom stereocenters. The molecule has 0 unspecified atom stereocenters. The summed E-state index contributed by atoms with van der Waals surface area (Å²) < 4.78 is 16.0. The Kier molecular flexibility index (Phi) is 5.03. The van der Waals surface area contributed by atoms with E-state index in [1.54, 1.807) is 0 Å². The molecule has 1 fully saturated rings. The Morgan fingerprint density at radius 3 is 2.94 bits per heavy atom. The molecule has 4 heteroatoms. The Bertz CT molecular complexity index is 429. The van der Waals surface area contributed by atoms with E-state index in [4.69, 9.17) is 19.3 Å². The number of rotatable bonds is 5. The van der Waals surface area contributed by atoms with E-state index in [0.717, 1.165) is 11.3 Å². The van der Waals surface area contributed by atoms with Crippen LogP contribution in [0.15, 0.2) is 24.3 Å². The summed E-state index contributed by atoms with van der Waals surface area (Å²) in [5, 5.41) is 8.62. The summed E-state index contributed by atoms with van der Waals surface area (Å²) in [7, 11) is 0. The average molecular weight is 248 g/mol. The summed E-state index contributed by atoms with van der Waals surface area (Å²) in [6, 6.07) is 7.46. The molecular weight excluding hydrogens is 232 g/mol. The van der Waals surface area contributed by atoms with Crippen molar-refractivity contribution in [2.24, 2.45) is 0 Å². The first kappa shape index (κ1) is 12.9. The second-order valence-corrected chi connectivity index (χ2v) is 3.87. The van der Waals surface area contributed by atoms with Gasteiger partial charge in [-0.3, -0.25) is 0 Å². The molecule has 1 N–H and O–H groups in total. The van der Waals surface area contributed by atoms with Gasteiger partial charge in [-0.05, 0) is 18.2 Å². The van der Waals surface area contributed by atoms with Crippen LogP contribution < -0.4 is 4.74 Å². The highest BCUT2D eigenvalue weighted by Crippen LogP contribution is 2.12. The topological polar surface area (TPSA) is 47.9 Å². The number of benzene rings is 1. The fourth-order valence-electron chi connectivity index (χ4n) is 1.49. The standard InChI is InChI=1S/C14H16O4/c15-6-2-4-12-3-1-5-13(9-12)17-7-8-18-14-10-16-11-14/h1,3,5,9,14-15H,6-8,10-11H2. The molecule has 0 spiro atoms. The third-order valence-electron chi connectivity index (χ3n) is 2.46. The second-order valence-electron chi connectivity index (χ2n) is 3.87. The van der Waals surface area contributed by atoms with Crippen LogP contribution in [0.3, 0.4) is 0 Å². The van der Waals surface area contributed by atoms with Gasteiger partial charge < -0.3 is 19.3 Å². The molecule has 4 nitrogen and oxygen atoms in total. The molecule has 1 heterocycles. The molecule has 1 aliphatic heterocycles. The van der Waals surface area contributed by atoms with E-state index in [0.29, 0.717) is 26.4 Å². The van der Waals surface area contributed by atoms with Gasteiger partial charge in [-0.2, -0.15) is 0 Å². The highest BCUT2D eigenvalue weighted by atomic mass is 16.6. The van der Waals surface area contributed by atoms with E-state index >= 15 is 0 Å². The minimum Gasteiger partial charge on any atom is -0.491 e. The average Bonchev–Trinajstić information content (AvgIpc) is 2.34. The van der Waals surface area contributed by atoms with E-state index in [9.17, 15) is 0 Å². The van der Waals surface area contributed by atoms with Gasteiger partial charge in [0.25, 0.3) is 0 Å². The van der Waals surface area contributed by atoms with Crippen LogP contribution in [-0.2, 0) is 9.47 Å². The molecule has 18 heavy (non-hydrogen) atoms. The predicted octanol–water partition coefficient (Wildman–Crippen LogP) is 0.825. The van der Waals surface area contributed by atoms with Crippen molar-refractivity contribution in [1.29, 1.82) is 0 Å². The van der Waals surface area contributed by atoms with Gasteiger partial charge in [0, 0.05) is 5.56 Å². The van der Waals surface area contributed by atoms with Gasteiger partial charge in [0.2, 0.25) is 0 Å². The number of hydrogen-bond donors (Lipinski definition) is 1. The van der Waals surface area contributed by atoms with Crippen LogP contribution in [0, 0.1) is 11.8 Å². The largest absolute Gasteiger partial charge is 0.491 e. The zero-order valence-electron chi connectivity index (χ0n) is 10.1. The Morgan fingerprint density at radius 1 is 1.33 bits per heavy atom. The third kappa shape index (κ3) is 4.04. The monoisotopic (exact) mass is 248 g/mol. The van der Waals surface area contributed by atoms with Crippen LogP contribution in [0.4, 0.5) is 0 Å². The second kappa shape index (κ2) is 7.02. The molecular formula is C14H16O4. The summed E-state index contributed by atoms with van der Waals surface area (Å²) in [6.07, 6.45) is 0.232. The zero-order valence-corrected chi connectivity index (χ0v) is 10.1.